The molecule has 126 valence electrons. The molecule has 0 aliphatic rings. The zero-order valence-electron chi connectivity index (χ0n) is 13.5. The Hall–Kier alpha value is -2.43. The second-order valence-corrected chi connectivity index (χ2v) is 6.90. The fourth-order valence-corrected chi connectivity index (χ4v) is 3.84. The fourth-order valence-electron chi connectivity index (χ4n) is 2.44. The van der Waals surface area contributed by atoms with Crippen LogP contribution in [0, 0.1) is 0 Å². The van der Waals surface area contributed by atoms with Crippen LogP contribution in [0.15, 0.2) is 67.3 Å². The minimum atomic E-state index is -0.0496. The van der Waals surface area contributed by atoms with E-state index in [-0.39, 0.29) is 12.3 Å². The first-order valence-electron chi connectivity index (χ1n) is 7.86. The first-order chi connectivity index (χ1) is 12.2. The van der Waals surface area contributed by atoms with Gasteiger partial charge in [0.05, 0.1) is 17.1 Å². The molecule has 3 rings (SSSR count). The molecule has 1 amide bonds. The van der Waals surface area contributed by atoms with Gasteiger partial charge in [-0.05, 0) is 6.07 Å². The van der Waals surface area contributed by atoms with Crippen LogP contribution in [0.5, 0.6) is 0 Å². The molecule has 25 heavy (non-hydrogen) atoms. The summed E-state index contributed by atoms with van der Waals surface area (Å²) in [4.78, 5) is 17.9. The highest BCUT2D eigenvalue weighted by Crippen LogP contribution is 2.36. The number of benzene rings is 2. The molecule has 0 fully saturated rings. The number of rotatable bonds is 6. The molecule has 3 nitrogen and oxygen atoms in total. The fraction of sp³-hybridized carbons (Fsp3) is 0.100. The van der Waals surface area contributed by atoms with Crippen molar-refractivity contribution in [3.63, 3.8) is 0 Å². The number of nitrogens with one attached hydrogen (secondary N) is 1. The molecule has 0 bridgehead atoms. The molecule has 3 aromatic rings. The lowest BCUT2D eigenvalue weighted by atomic mass is 10.1. The molecule has 0 saturated heterocycles. The first kappa shape index (κ1) is 17.4. The van der Waals surface area contributed by atoms with Crippen molar-refractivity contribution in [3.8, 4) is 21.8 Å². The molecule has 0 aliphatic carbocycles. The lowest BCUT2D eigenvalue weighted by molar-refractivity contribution is -0.120. The van der Waals surface area contributed by atoms with E-state index in [4.69, 9.17) is 16.6 Å². The molecule has 0 atom stereocenters. The monoisotopic (exact) mass is 368 g/mol. The van der Waals surface area contributed by atoms with E-state index in [0.717, 1.165) is 26.7 Å². The Morgan fingerprint density at radius 2 is 1.88 bits per heavy atom. The third kappa shape index (κ3) is 4.16. The van der Waals surface area contributed by atoms with Gasteiger partial charge in [0.2, 0.25) is 5.91 Å². The van der Waals surface area contributed by atoms with E-state index in [1.165, 1.54) is 11.3 Å². The predicted molar refractivity (Wildman–Crippen MR) is 105 cm³/mol. The SMILES string of the molecule is C=CCNC(=O)Cc1sc(-c2ccccc2Cl)nc1-c1ccccc1. The number of amides is 1. The van der Waals surface area contributed by atoms with E-state index in [1.807, 2.05) is 54.6 Å². The summed E-state index contributed by atoms with van der Waals surface area (Å²) in [7, 11) is 0. The van der Waals surface area contributed by atoms with Crippen LogP contribution < -0.4 is 5.32 Å². The number of carbonyl (C=O) groups excluding carboxylic acids is 1. The molecule has 0 saturated carbocycles. The topological polar surface area (TPSA) is 42.0 Å². The summed E-state index contributed by atoms with van der Waals surface area (Å²) < 4.78 is 0. The summed E-state index contributed by atoms with van der Waals surface area (Å²) >= 11 is 7.82. The Morgan fingerprint density at radius 1 is 1.16 bits per heavy atom. The smallest absolute Gasteiger partial charge is 0.225 e. The zero-order chi connectivity index (χ0) is 17.6. The Morgan fingerprint density at radius 3 is 2.60 bits per heavy atom. The van der Waals surface area contributed by atoms with Crippen LogP contribution in [-0.4, -0.2) is 17.4 Å². The van der Waals surface area contributed by atoms with Gasteiger partial charge in [0.15, 0.2) is 0 Å². The zero-order valence-corrected chi connectivity index (χ0v) is 15.1. The number of halogens is 1. The van der Waals surface area contributed by atoms with Gasteiger partial charge in [-0.25, -0.2) is 4.98 Å². The summed E-state index contributed by atoms with van der Waals surface area (Å²) in [5.74, 6) is -0.0496. The van der Waals surface area contributed by atoms with E-state index in [1.54, 1.807) is 6.08 Å². The van der Waals surface area contributed by atoms with Crippen LogP contribution >= 0.6 is 22.9 Å². The Balaban J connectivity index is 2.01. The van der Waals surface area contributed by atoms with Gasteiger partial charge in [0.25, 0.3) is 0 Å². The van der Waals surface area contributed by atoms with Gasteiger partial charge in [-0.2, -0.15) is 0 Å². The number of aromatic nitrogens is 1. The quantitative estimate of drug-likeness (QED) is 0.624. The number of hydrogen-bond donors (Lipinski definition) is 1. The Bertz CT molecular complexity index is 890. The number of thiazole rings is 1. The van der Waals surface area contributed by atoms with Crippen molar-refractivity contribution in [3.05, 3.63) is 77.2 Å². The number of hydrogen-bond acceptors (Lipinski definition) is 3. The highest BCUT2D eigenvalue weighted by Gasteiger charge is 2.18. The molecule has 0 spiro atoms. The highest BCUT2D eigenvalue weighted by molar-refractivity contribution is 7.15. The molecular weight excluding hydrogens is 352 g/mol. The van der Waals surface area contributed by atoms with Crippen molar-refractivity contribution in [2.75, 3.05) is 6.54 Å². The van der Waals surface area contributed by atoms with E-state index in [2.05, 4.69) is 11.9 Å². The summed E-state index contributed by atoms with van der Waals surface area (Å²) in [5.41, 5.74) is 2.70. The van der Waals surface area contributed by atoms with Crippen molar-refractivity contribution in [2.45, 2.75) is 6.42 Å². The Kier molecular flexibility index (Phi) is 5.64. The molecule has 1 N–H and O–H groups in total. The number of nitrogens with zero attached hydrogens (tertiary/aromatic N) is 1. The van der Waals surface area contributed by atoms with Gasteiger partial charge in [0, 0.05) is 22.5 Å². The Labute approximate surface area is 156 Å². The van der Waals surface area contributed by atoms with Crippen LogP contribution in [0.4, 0.5) is 0 Å². The molecular formula is C20H17ClN2OS. The molecule has 5 heteroatoms. The maximum Gasteiger partial charge on any atom is 0.225 e. The summed E-state index contributed by atoms with van der Waals surface area (Å²) in [6.07, 6.45) is 1.94. The van der Waals surface area contributed by atoms with Crippen LogP contribution in [-0.2, 0) is 11.2 Å². The van der Waals surface area contributed by atoms with E-state index in [0.29, 0.717) is 11.6 Å². The molecule has 1 heterocycles. The van der Waals surface area contributed by atoms with Crippen molar-refractivity contribution >= 4 is 28.8 Å². The van der Waals surface area contributed by atoms with Gasteiger partial charge in [-0.15, -0.1) is 17.9 Å². The van der Waals surface area contributed by atoms with Crippen molar-refractivity contribution in [2.24, 2.45) is 0 Å². The maximum absolute atomic E-state index is 12.2. The van der Waals surface area contributed by atoms with Gasteiger partial charge in [-0.3, -0.25) is 4.79 Å². The second kappa shape index (κ2) is 8.10. The van der Waals surface area contributed by atoms with Gasteiger partial charge in [0.1, 0.15) is 5.01 Å². The molecule has 0 unspecified atom stereocenters. The van der Waals surface area contributed by atoms with E-state index >= 15 is 0 Å². The molecule has 1 aromatic heterocycles. The van der Waals surface area contributed by atoms with Crippen LogP contribution in [0.3, 0.4) is 0 Å². The van der Waals surface area contributed by atoms with Crippen molar-refractivity contribution in [1.82, 2.24) is 10.3 Å². The summed E-state index contributed by atoms with van der Waals surface area (Å²) in [6.45, 7) is 4.07. The summed E-state index contributed by atoms with van der Waals surface area (Å²) in [5, 5.41) is 4.28. The minimum Gasteiger partial charge on any atom is -0.352 e. The average Bonchev–Trinajstić information content (AvgIpc) is 3.04. The largest absolute Gasteiger partial charge is 0.352 e. The lowest BCUT2D eigenvalue weighted by Gasteiger charge is -2.03. The van der Waals surface area contributed by atoms with E-state index in [9.17, 15) is 4.79 Å². The lowest BCUT2D eigenvalue weighted by Crippen LogP contribution is -2.24. The third-order valence-corrected chi connectivity index (χ3v) is 5.03. The first-order valence-corrected chi connectivity index (χ1v) is 9.06. The van der Waals surface area contributed by atoms with Gasteiger partial charge >= 0.3 is 0 Å². The van der Waals surface area contributed by atoms with Crippen molar-refractivity contribution in [1.29, 1.82) is 0 Å². The van der Waals surface area contributed by atoms with Gasteiger partial charge in [-0.1, -0.05) is 66.2 Å². The molecule has 2 aromatic carbocycles. The van der Waals surface area contributed by atoms with Crippen LogP contribution in [0.2, 0.25) is 5.02 Å². The third-order valence-electron chi connectivity index (χ3n) is 3.61. The van der Waals surface area contributed by atoms with Gasteiger partial charge < -0.3 is 5.32 Å². The maximum atomic E-state index is 12.2. The molecule has 0 aliphatic heterocycles. The number of carbonyl (C=O) groups is 1. The average molecular weight is 369 g/mol. The standard InChI is InChI=1S/C20H17ClN2OS/c1-2-12-22-18(24)13-17-19(14-8-4-3-5-9-14)23-20(25-17)15-10-6-7-11-16(15)21/h2-11H,1,12-13H2,(H,22,24). The van der Waals surface area contributed by atoms with E-state index < -0.39 is 0 Å². The second-order valence-electron chi connectivity index (χ2n) is 5.41. The highest BCUT2D eigenvalue weighted by atomic mass is 35.5. The van der Waals surface area contributed by atoms with Crippen molar-refractivity contribution < 1.29 is 4.79 Å². The minimum absolute atomic E-state index is 0.0496. The normalized spacial score (nSPS) is 10.4. The summed E-state index contributed by atoms with van der Waals surface area (Å²) in [6, 6.07) is 17.5. The van der Waals surface area contributed by atoms with Crippen LogP contribution in [0.1, 0.15) is 4.88 Å². The molecule has 0 radical (unpaired) electrons. The van der Waals surface area contributed by atoms with Crippen LogP contribution in [0.25, 0.3) is 21.8 Å². The predicted octanol–water partition coefficient (Wildman–Crippen LogP) is 4.98.